The summed E-state index contributed by atoms with van der Waals surface area (Å²) in [6, 6.07) is 15.5. The first-order valence-corrected chi connectivity index (χ1v) is 12.3. The summed E-state index contributed by atoms with van der Waals surface area (Å²) in [6.45, 7) is 8.83. The van der Waals surface area contributed by atoms with Crippen LogP contribution in [0.3, 0.4) is 0 Å². The van der Waals surface area contributed by atoms with E-state index in [4.69, 9.17) is 0 Å². The van der Waals surface area contributed by atoms with Gasteiger partial charge in [0.1, 0.15) is 12.6 Å². The molecule has 32 heavy (non-hydrogen) atoms. The molecule has 174 valence electrons. The lowest BCUT2D eigenvalue weighted by Gasteiger charge is -2.33. The van der Waals surface area contributed by atoms with Gasteiger partial charge in [0, 0.05) is 12.1 Å². The molecule has 2 aromatic carbocycles. The largest absolute Gasteiger partial charge is 0.350 e. The van der Waals surface area contributed by atoms with Gasteiger partial charge in [0.25, 0.3) is 0 Å². The Bertz CT molecular complexity index is 1050. The highest BCUT2D eigenvalue weighted by atomic mass is 32.2. The first-order valence-electron chi connectivity index (χ1n) is 10.5. The summed E-state index contributed by atoms with van der Waals surface area (Å²) in [5, 5.41) is 2.90. The van der Waals surface area contributed by atoms with Crippen LogP contribution in [-0.2, 0) is 26.2 Å². The number of amides is 2. The zero-order valence-corrected chi connectivity index (χ0v) is 20.4. The van der Waals surface area contributed by atoms with Crippen LogP contribution < -0.4 is 9.62 Å². The second kappa shape index (κ2) is 10.2. The molecule has 0 radical (unpaired) electrons. The highest BCUT2D eigenvalue weighted by Crippen LogP contribution is 2.23. The van der Waals surface area contributed by atoms with Crippen LogP contribution in [0, 0.1) is 6.92 Å². The molecular weight excluding hydrogens is 426 g/mol. The second-order valence-corrected chi connectivity index (χ2v) is 10.9. The molecule has 1 N–H and O–H groups in total. The molecule has 0 heterocycles. The van der Waals surface area contributed by atoms with Crippen LogP contribution in [0.4, 0.5) is 5.69 Å². The number of hydrogen-bond acceptors (Lipinski definition) is 4. The van der Waals surface area contributed by atoms with Crippen molar-refractivity contribution in [2.24, 2.45) is 0 Å². The first-order chi connectivity index (χ1) is 14.8. The van der Waals surface area contributed by atoms with E-state index in [1.165, 1.54) is 4.90 Å². The number of aryl methyl sites for hydroxylation is 1. The molecule has 0 aromatic heterocycles. The summed E-state index contributed by atoms with van der Waals surface area (Å²) in [5.74, 6) is -0.761. The van der Waals surface area contributed by atoms with Gasteiger partial charge < -0.3 is 10.2 Å². The number of carbonyl (C=O) groups is 2. The topological polar surface area (TPSA) is 86.8 Å². The molecule has 7 nitrogen and oxygen atoms in total. The smallest absolute Gasteiger partial charge is 0.244 e. The lowest BCUT2D eigenvalue weighted by molar-refractivity contribution is -0.140. The van der Waals surface area contributed by atoms with E-state index in [-0.39, 0.29) is 12.5 Å². The number of hydrogen-bond donors (Lipinski definition) is 1. The van der Waals surface area contributed by atoms with Crippen LogP contribution in [-0.4, -0.2) is 49.5 Å². The SMILES string of the molecule is Cc1ccccc1N(CC(=O)N(Cc1ccccc1)[C@@H](C)C(=O)NC(C)(C)C)S(C)(=O)=O. The molecule has 0 aliphatic heterocycles. The highest BCUT2D eigenvalue weighted by molar-refractivity contribution is 7.92. The maximum Gasteiger partial charge on any atom is 0.244 e. The van der Waals surface area contributed by atoms with Crippen molar-refractivity contribution in [1.29, 1.82) is 0 Å². The van der Waals surface area contributed by atoms with Gasteiger partial charge in [-0.15, -0.1) is 0 Å². The second-order valence-electron chi connectivity index (χ2n) is 8.98. The normalized spacial score (nSPS) is 12.7. The fourth-order valence-electron chi connectivity index (χ4n) is 3.27. The van der Waals surface area contributed by atoms with Crippen molar-refractivity contribution in [2.45, 2.75) is 52.7 Å². The molecule has 0 aliphatic rings. The van der Waals surface area contributed by atoms with Crippen LogP contribution in [0.25, 0.3) is 0 Å². The maximum atomic E-state index is 13.4. The number of rotatable bonds is 8. The number of nitrogens with one attached hydrogen (secondary N) is 1. The van der Waals surface area contributed by atoms with E-state index in [1.54, 1.807) is 32.0 Å². The van der Waals surface area contributed by atoms with Crippen molar-refractivity contribution in [3.8, 4) is 0 Å². The Kier molecular flexibility index (Phi) is 8.07. The van der Waals surface area contributed by atoms with Crippen molar-refractivity contribution >= 4 is 27.5 Å². The summed E-state index contributed by atoms with van der Waals surface area (Å²) in [7, 11) is -3.73. The van der Waals surface area contributed by atoms with E-state index in [1.807, 2.05) is 57.2 Å². The van der Waals surface area contributed by atoms with Gasteiger partial charge in [-0.3, -0.25) is 13.9 Å². The third kappa shape index (κ3) is 7.09. The van der Waals surface area contributed by atoms with E-state index in [0.717, 1.165) is 21.7 Å². The number of para-hydroxylation sites is 1. The minimum Gasteiger partial charge on any atom is -0.350 e. The van der Waals surface area contributed by atoms with Crippen molar-refractivity contribution in [2.75, 3.05) is 17.1 Å². The van der Waals surface area contributed by atoms with Crippen molar-refractivity contribution in [3.63, 3.8) is 0 Å². The summed E-state index contributed by atoms with van der Waals surface area (Å²) >= 11 is 0. The van der Waals surface area contributed by atoms with E-state index in [0.29, 0.717) is 5.69 Å². The average molecular weight is 460 g/mol. The number of sulfonamides is 1. The molecule has 2 aromatic rings. The summed E-state index contributed by atoms with van der Waals surface area (Å²) in [5.41, 5.74) is 1.55. The van der Waals surface area contributed by atoms with Gasteiger partial charge in [-0.05, 0) is 51.8 Å². The van der Waals surface area contributed by atoms with Crippen LogP contribution in [0.15, 0.2) is 54.6 Å². The van der Waals surface area contributed by atoms with Crippen LogP contribution in [0.2, 0.25) is 0 Å². The van der Waals surface area contributed by atoms with Gasteiger partial charge >= 0.3 is 0 Å². The molecule has 8 heteroatoms. The Morgan fingerprint density at radius 1 is 1.00 bits per heavy atom. The highest BCUT2D eigenvalue weighted by Gasteiger charge is 2.31. The molecule has 2 amide bonds. The summed E-state index contributed by atoms with van der Waals surface area (Å²) < 4.78 is 26.2. The monoisotopic (exact) mass is 459 g/mol. The molecule has 0 saturated heterocycles. The number of carbonyl (C=O) groups excluding carboxylic acids is 2. The Morgan fingerprint density at radius 3 is 2.09 bits per heavy atom. The van der Waals surface area contributed by atoms with E-state index < -0.39 is 34.1 Å². The zero-order chi connectivity index (χ0) is 24.1. The van der Waals surface area contributed by atoms with Gasteiger partial charge in [0.15, 0.2) is 0 Å². The molecule has 0 unspecified atom stereocenters. The van der Waals surface area contributed by atoms with Crippen LogP contribution in [0.1, 0.15) is 38.8 Å². The predicted molar refractivity (Wildman–Crippen MR) is 128 cm³/mol. The van der Waals surface area contributed by atoms with Crippen molar-refractivity contribution in [1.82, 2.24) is 10.2 Å². The molecular formula is C24H33N3O4S. The maximum absolute atomic E-state index is 13.4. The molecule has 1 atom stereocenters. The lowest BCUT2D eigenvalue weighted by atomic mass is 10.1. The quantitative estimate of drug-likeness (QED) is 0.657. The van der Waals surface area contributed by atoms with Gasteiger partial charge in [-0.25, -0.2) is 8.42 Å². The van der Waals surface area contributed by atoms with Crippen molar-refractivity contribution in [3.05, 3.63) is 65.7 Å². The lowest BCUT2D eigenvalue weighted by Crippen LogP contribution is -2.54. The molecule has 0 saturated carbocycles. The van der Waals surface area contributed by atoms with E-state index in [2.05, 4.69) is 5.32 Å². The Balaban J connectivity index is 2.39. The van der Waals surface area contributed by atoms with Crippen molar-refractivity contribution < 1.29 is 18.0 Å². The fraction of sp³-hybridized carbons (Fsp3) is 0.417. The first kappa shape index (κ1) is 25.4. The van der Waals surface area contributed by atoms with Crippen LogP contribution in [0.5, 0.6) is 0 Å². The predicted octanol–water partition coefficient (Wildman–Crippen LogP) is 3.09. The Labute approximate surface area is 191 Å². The summed E-state index contributed by atoms with van der Waals surface area (Å²) in [6.07, 6.45) is 1.07. The molecule has 0 spiro atoms. The summed E-state index contributed by atoms with van der Waals surface area (Å²) in [4.78, 5) is 27.7. The number of nitrogens with zero attached hydrogens (tertiary/aromatic N) is 2. The van der Waals surface area contributed by atoms with E-state index in [9.17, 15) is 18.0 Å². The molecule has 0 aliphatic carbocycles. The third-order valence-corrected chi connectivity index (χ3v) is 6.05. The molecule has 2 rings (SSSR count). The fourth-order valence-corrected chi connectivity index (χ4v) is 4.18. The van der Waals surface area contributed by atoms with Gasteiger partial charge in [-0.1, -0.05) is 48.5 Å². The minimum absolute atomic E-state index is 0.184. The number of benzene rings is 2. The van der Waals surface area contributed by atoms with E-state index >= 15 is 0 Å². The average Bonchev–Trinajstić information content (AvgIpc) is 2.69. The Morgan fingerprint density at radius 2 is 1.56 bits per heavy atom. The van der Waals surface area contributed by atoms with Crippen LogP contribution >= 0.6 is 0 Å². The molecule has 0 bridgehead atoms. The zero-order valence-electron chi connectivity index (χ0n) is 19.6. The minimum atomic E-state index is -3.73. The Hall–Kier alpha value is -2.87. The van der Waals surface area contributed by atoms with Gasteiger partial charge in [0.05, 0.1) is 11.9 Å². The van der Waals surface area contributed by atoms with Gasteiger partial charge in [0.2, 0.25) is 21.8 Å². The third-order valence-electron chi connectivity index (χ3n) is 4.92. The standard InChI is InChI=1S/C24H33N3O4S/c1-18-12-10-11-15-21(18)27(32(6,30)31)17-22(28)26(16-20-13-8-7-9-14-20)19(2)23(29)25-24(3,4)5/h7-15,19H,16-17H2,1-6H3,(H,25,29)/t19-/m0/s1. The van der Waals surface area contributed by atoms with Gasteiger partial charge in [-0.2, -0.15) is 0 Å². The number of anilines is 1. The molecule has 0 fully saturated rings.